The predicted octanol–water partition coefficient (Wildman–Crippen LogP) is 0.0649. The Morgan fingerprint density at radius 3 is 2.65 bits per heavy atom. The smallest absolute Gasteiger partial charge is 0.217 e. The van der Waals surface area contributed by atoms with Crippen LogP contribution in [-0.4, -0.2) is 70.8 Å². The molecular weight excluding hydrogens is 218 g/mol. The van der Waals surface area contributed by atoms with Gasteiger partial charge < -0.3 is 9.84 Å². The quantitative estimate of drug-likeness (QED) is 0.649. The van der Waals surface area contributed by atoms with Crippen LogP contribution in [-0.2, 0) is 4.74 Å². The molecule has 0 spiro atoms. The van der Waals surface area contributed by atoms with E-state index in [1.54, 1.807) is 0 Å². The van der Waals surface area contributed by atoms with Gasteiger partial charge in [0.05, 0.1) is 17.7 Å². The summed E-state index contributed by atoms with van der Waals surface area (Å²) in [6.07, 6.45) is 1.60. The second-order valence-corrected chi connectivity index (χ2v) is 6.08. The Hall–Kier alpha value is -0.200. The zero-order valence-electron chi connectivity index (χ0n) is 11.1. The molecule has 4 unspecified atom stereocenters. The first kappa shape index (κ1) is 11.9. The number of nitrogens with zero attached hydrogens (tertiary/aromatic N) is 3. The van der Waals surface area contributed by atoms with E-state index >= 15 is 0 Å². The lowest BCUT2D eigenvalue weighted by atomic mass is 9.83. The van der Waals surface area contributed by atoms with E-state index in [1.807, 2.05) is 0 Å². The third kappa shape index (κ3) is 1.50. The second kappa shape index (κ2) is 3.65. The van der Waals surface area contributed by atoms with Crippen LogP contribution in [0.3, 0.4) is 0 Å². The molecule has 3 aliphatic heterocycles. The molecule has 0 aromatic carbocycles. The first-order chi connectivity index (χ1) is 7.93. The predicted molar refractivity (Wildman–Crippen MR) is 64.0 cm³/mol. The van der Waals surface area contributed by atoms with Crippen molar-refractivity contribution in [3.05, 3.63) is 0 Å². The maximum absolute atomic E-state index is 10.1. The SMILES string of the molecule is CN1C2CCCN3C(O)OC(C)(C)C(C23)N1C. The highest BCUT2D eigenvalue weighted by atomic mass is 16.6. The number of aliphatic hydroxyl groups is 1. The van der Waals surface area contributed by atoms with Crippen molar-refractivity contribution in [2.45, 2.75) is 56.8 Å². The Balaban J connectivity index is 2.00. The van der Waals surface area contributed by atoms with Gasteiger partial charge in [-0.1, -0.05) is 0 Å². The summed E-state index contributed by atoms with van der Waals surface area (Å²) in [6.45, 7) is 5.11. The Morgan fingerprint density at radius 1 is 1.24 bits per heavy atom. The molecule has 0 amide bonds. The lowest BCUT2D eigenvalue weighted by molar-refractivity contribution is -0.305. The van der Waals surface area contributed by atoms with Crippen LogP contribution in [0.1, 0.15) is 26.7 Å². The van der Waals surface area contributed by atoms with Crippen LogP contribution < -0.4 is 0 Å². The average molecular weight is 241 g/mol. The lowest BCUT2D eigenvalue weighted by Gasteiger charge is -2.52. The largest absolute Gasteiger partial charge is 0.356 e. The molecule has 0 bridgehead atoms. The third-order valence-corrected chi connectivity index (χ3v) is 4.80. The number of hydrogen-bond acceptors (Lipinski definition) is 5. The maximum Gasteiger partial charge on any atom is 0.217 e. The zero-order valence-corrected chi connectivity index (χ0v) is 11.1. The Labute approximate surface area is 103 Å². The van der Waals surface area contributed by atoms with Crippen molar-refractivity contribution in [3.8, 4) is 0 Å². The number of ether oxygens (including phenoxy) is 1. The van der Waals surface area contributed by atoms with Crippen molar-refractivity contribution in [2.24, 2.45) is 0 Å². The number of piperidine rings is 1. The van der Waals surface area contributed by atoms with Crippen LogP contribution in [0, 0.1) is 0 Å². The van der Waals surface area contributed by atoms with Crippen molar-refractivity contribution >= 4 is 0 Å². The standard InChI is InChI=1S/C12H23N3O2/c1-12(2)10-9-8(13(3)14(10)4)6-5-7-15(9)11(16)17-12/h8-11,16H,5-7H2,1-4H3. The molecule has 3 aliphatic rings. The average Bonchev–Trinajstić information content (AvgIpc) is 2.50. The number of likely N-dealkylation sites (N-methyl/N-ethyl adjacent to an activating group) is 2. The van der Waals surface area contributed by atoms with Crippen LogP contribution in [0.25, 0.3) is 0 Å². The van der Waals surface area contributed by atoms with E-state index < -0.39 is 6.41 Å². The van der Waals surface area contributed by atoms with Gasteiger partial charge in [0.25, 0.3) is 0 Å². The molecule has 3 fully saturated rings. The third-order valence-electron chi connectivity index (χ3n) is 4.80. The first-order valence-electron chi connectivity index (χ1n) is 6.51. The molecule has 17 heavy (non-hydrogen) atoms. The number of aliphatic hydroxyl groups excluding tert-OH is 1. The highest BCUT2D eigenvalue weighted by Crippen LogP contribution is 2.43. The van der Waals surface area contributed by atoms with E-state index in [2.05, 4.69) is 42.9 Å². The summed E-state index contributed by atoms with van der Waals surface area (Å²) >= 11 is 0. The maximum atomic E-state index is 10.1. The van der Waals surface area contributed by atoms with Gasteiger partial charge in [0, 0.05) is 26.7 Å². The fraction of sp³-hybridized carbons (Fsp3) is 1.00. The van der Waals surface area contributed by atoms with E-state index in [1.165, 1.54) is 6.42 Å². The molecule has 4 atom stereocenters. The molecule has 3 saturated heterocycles. The molecule has 5 nitrogen and oxygen atoms in total. The van der Waals surface area contributed by atoms with Gasteiger partial charge in [-0.05, 0) is 26.7 Å². The Morgan fingerprint density at radius 2 is 1.94 bits per heavy atom. The lowest BCUT2D eigenvalue weighted by Crippen LogP contribution is -2.68. The monoisotopic (exact) mass is 241 g/mol. The summed E-state index contributed by atoms with van der Waals surface area (Å²) in [5.41, 5.74) is -0.310. The molecule has 0 aliphatic carbocycles. The highest BCUT2D eigenvalue weighted by molar-refractivity contribution is 5.09. The van der Waals surface area contributed by atoms with E-state index in [0.717, 1.165) is 13.0 Å². The fourth-order valence-corrected chi connectivity index (χ4v) is 4.00. The molecule has 0 aromatic rings. The van der Waals surface area contributed by atoms with Gasteiger partial charge in [-0.2, -0.15) is 0 Å². The van der Waals surface area contributed by atoms with Crippen molar-refractivity contribution in [3.63, 3.8) is 0 Å². The molecule has 5 heteroatoms. The van der Waals surface area contributed by atoms with Crippen LogP contribution >= 0.6 is 0 Å². The minimum absolute atomic E-state index is 0.310. The van der Waals surface area contributed by atoms with Gasteiger partial charge in [-0.15, -0.1) is 0 Å². The van der Waals surface area contributed by atoms with Crippen molar-refractivity contribution in [2.75, 3.05) is 20.6 Å². The second-order valence-electron chi connectivity index (χ2n) is 6.08. The van der Waals surface area contributed by atoms with Crippen molar-refractivity contribution in [1.82, 2.24) is 14.9 Å². The first-order valence-corrected chi connectivity index (χ1v) is 6.51. The van der Waals surface area contributed by atoms with Gasteiger partial charge >= 0.3 is 0 Å². The van der Waals surface area contributed by atoms with Gasteiger partial charge in [-0.25, -0.2) is 14.9 Å². The molecular formula is C12H23N3O2. The van der Waals surface area contributed by atoms with Crippen LogP contribution in [0.15, 0.2) is 0 Å². The summed E-state index contributed by atoms with van der Waals surface area (Å²) in [5, 5.41) is 14.8. The van der Waals surface area contributed by atoms with E-state index in [0.29, 0.717) is 18.1 Å². The summed E-state index contributed by atoms with van der Waals surface area (Å²) in [7, 11) is 4.28. The summed E-state index contributed by atoms with van der Waals surface area (Å²) in [5.74, 6) is 0. The fourth-order valence-electron chi connectivity index (χ4n) is 4.00. The number of rotatable bonds is 0. The minimum Gasteiger partial charge on any atom is -0.356 e. The Kier molecular flexibility index (Phi) is 2.55. The highest BCUT2D eigenvalue weighted by Gasteiger charge is 2.59. The molecule has 0 radical (unpaired) electrons. The minimum atomic E-state index is -0.742. The van der Waals surface area contributed by atoms with Gasteiger partial charge in [0.1, 0.15) is 0 Å². The Bertz CT molecular complexity index is 317. The molecule has 0 saturated carbocycles. The van der Waals surface area contributed by atoms with E-state index in [-0.39, 0.29) is 5.60 Å². The molecule has 1 N–H and O–H groups in total. The molecule has 98 valence electrons. The molecule has 3 rings (SSSR count). The number of hydrazine groups is 1. The van der Waals surface area contributed by atoms with Crippen molar-refractivity contribution in [1.29, 1.82) is 0 Å². The summed E-state index contributed by atoms with van der Waals surface area (Å²) < 4.78 is 5.81. The zero-order chi connectivity index (χ0) is 12.4. The molecule has 3 heterocycles. The molecule has 0 aromatic heterocycles. The summed E-state index contributed by atoms with van der Waals surface area (Å²) in [6, 6.07) is 1.22. The van der Waals surface area contributed by atoms with E-state index in [9.17, 15) is 5.11 Å². The van der Waals surface area contributed by atoms with Crippen LogP contribution in [0.2, 0.25) is 0 Å². The number of hydrogen-bond donors (Lipinski definition) is 1. The van der Waals surface area contributed by atoms with Gasteiger partial charge in [0.2, 0.25) is 6.41 Å². The van der Waals surface area contributed by atoms with E-state index in [4.69, 9.17) is 4.74 Å². The van der Waals surface area contributed by atoms with Crippen LogP contribution in [0.4, 0.5) is 0 Å². The van der Waals surface area contributed by atoms with Crippen LogP contribution in [0.5, 0.6) is 0 Å². The van der Waals surface area contributed by atoms with Gasteiger partial charge in [0.15, 0.2) is 0 Å². The summed E-state index contributed by atoms with van der Waals surface area (Å²) in [4.78, 5) is 2.13. The van der Waals surface area contributed by atoms with Crippen molar-refractivity contribution < 1.29 is 9.84 Å². The van der Waals surface area contributed by atoms with Gasteiger partial charge in [-0.3, -0.25) is 0 Å². The topological polar surface area (TPSA) is 39.2 Å². The normalized spacial score (nSPS) is 47.1.